The zero-order chi connectivity index (χ0) is 6.41. The molecule has 0 aromatic carbocycles. The monoisotopic (exact) mass is 132 g/mol. The minimum atomic E-state index is 0.0879. The molecule has 0 saturated heterocycles. The van der Waals surface area contributed by atoms with Crippen molar-refractivity contribution in [2.24, 2.45) is 16.7 Å². The van der Waals surface area contributed by atoms with E-state index in [-0.39, 0.29) is 5.17 Å². The summed E-state index contributed by atoms with van der Waals surface area (Å²) in [5.41, 5.74) is 4.98. The van der Waals surface area contributed by atoms with Crippen molar-refractivity contribution in [3.8, 4) is 0 Å². The number of nitrogens with one attached hydrogen (secondary N) is 1. The molecule has 0 radical (unpaired) electrons. The van der Waals surface area contributed by atoms with Gasteiger partial charge in [0.05, 0.1) is 0 Å². The van der Waals surface area contributed by atoms with Crippen molar-refractivity contribution in [2.45, 2.75) is 0 Å². The Balaban J connectivity index is 3.05. The van der Waals surface area contributed by atoms with Crippen molar-refractivity contribution in [1.29, 1.82) is 5.41 Å². The van der Waals surface area contributed by atoms with Crippen molar-refractivity contribution < 1.29 is 0 Å². The number of amidine groups is 1. The molecule has 0 aliphatic heterocycles. The first-order valence-electron chi connectivity index (χ1n) is 1.96. The van der Waals surface area contributed by atoms with E-state index in [1.54, 1.807) is 0 Å². The number of hydrogen-bond acceptors (Lipinski definition) is 4. The fraction of sp³-hybridized carbons (Fsp3) is 0.333. The smallest absolute Gasteiger partial charge is 0.151 e. The van der Waals surface area contributed by atoms with Gasteiger partial charge in [-0.15, -0.1) is 0 Å². The van der Waals surface area contributed by atoms with Crippen molar-refractivity contribution in [1.82, 2.24) is 0 Å². The first-order chi connectivity index (χ1) is 3.77. The van der Waals surface area contributed by atoms with Crippen molar-refractivity contribution >= 4 is 23.1 Å². The molecule has 8 heavy (non-hydrogen) atoms. The maximum atomic E-state index is 6.71. The summed E-state index contributed by atoms with van der Waals surface area (Å²) in [7, 11) is 0. The number of hydrazone groups is 1. The highest BCUT2D eigenvalue weighted by Crippen LogP contribution is 1.92. The van der Waals surface area contributed by atoms with Gasteiger partial charge in [-0.3, -0.25) is 5.41 Å². The lowest BCUT2D eigenvalue weighted by Crippen LogP contribution is -2.04. The average molecular weight is 132 g/mol. The molecule has 4 nitrogen and oxygen atoms in total. The maximum absolute atomic E-state index is 6.71. The molecule has 5 N–H and O–H groups in total. The topological polar surface area (TPSA) is 88.2 Å². The molecule has 0 spiro atoms. The Kier molecular flexibility index (Phi) is 4.05. The molecular formula is C3H8N4S. The van der Waals surface area contributed by atoms with Gasteiger partial charge in [0.25, 0.3) is 0 Å². The molecular weight excluding hydrogens is 124 g/mol. The third-order valence-corrected chi connectivity index (χ3v) is 1.05. The van der Waals surface area contributed by atoms with Crippen LogP contribution in [-0.4, -0.2) is 17.1 Å². The molecule has 0 fully saturated rings. The molecule has 46 valence electrons. The largest absolute Gasteiger partial charge is 0.379 e. The van der Waals surface area contributed by atoms with Gasteiger partial charge in [-0.05, 0) is 0 Å². The van der Waals surface area contributed by atoms with Gasteiger partial charge >= 0.3 is 0 Å². The number of thioether (sulfide) groups is 1. The number of nitrogens with zero attached hydrogens (tertiary/aromatic N) is 1. The van der Waals surface area contributed by atoms with Crippen LogP contribution in [-0.2, 0) is 0 Å². The fourth-order valence-electron chi connectivity index (χ4n) is 0.170. The van der Waals surface area contributed by atoms with Crippen LogP contribution in [0.5, 0.6) is 0 Å². The Labute approximate surface area is 51.8 Å². The summed E-state index contributed by atoms with van der Waals surface area (Å²) in [5, 5.41) is 10.0. The number of hydrogen-bond donors (Lipinski definition) is 3. The van der Waals surface area contributed by atoms with E-state index in [1.807, 2.05) is 0 Å². The van der Waals surface area contributed by atoms with Crippen LogP contribution in [0.3, 0.4) is 0 Å². The highest BCUT2D eigenvalue weighted by molar-refractivity contribution is 8.14. The lowest BCUT2D eigenvalue weighted by molar-refractivity contribution is 1.26. The lowest BCUT2D eigenvalue weighted by Gasteiger charge is -1.87. The first-order valence-corrected chi connectivity index (χ1v) is 2.94. The third-order valence-electron chi connectivity index (χ3n) is 0.419. The van der Waals surface area contributed by atoms with Crippen LogP contribution in [0.4, 0.5) is 0 Å². The molecule has 0 amide bonds. The van der Waals surface area contributed by atoms with E-state index in [2.05, 4.69) is 5.10 Å². The molecule has 0 heterocycles. The SMILES string of the molecule is N=C(N)SCC=NN. The molecule has 0 unspecified atom stereocenters. The van der Waals surface area contributed by atoms with E-state index < -0.39 is 0 Å². The van der Waals surface area contributed by atoms with Crippen LogP contribution in [0.15, 0.2) is 5.10 Å². The van der Waals surface area contributed by atoms with E-state index in [4.69, 9.17) is 17.0 Å². The van der Waals surface area contributed by atoms with Gasteiger partial charge in [0.1, 0.15) is 0 Å². The van der Waals surface area contributed by atoms with Gasteiger partial charge < -0.3 is 11.6 Å². The highest BCUT2D eigenvalue weighted by Gasteiger charge is 1.83. The van der Waals surface area contributed by atoms with Gasteiger partial charge in [-0.25, -0.2) is 0 Å². The Morgan fingerprint density at radius 3 is 2.88 bits per heavy atom. The molecule has 0 aliphatic carbocycles. The van der Waals surface area contributed by atoms with E-state index in [0.29, 0.717) is 5.75 Å². The van der Waals surface area contributed by atoms with Crippen LogP contribution in [0.1, 0.15) is 0 Å². The summed E-state index contributed by atoms with van der Waals surface area (Å²) in [6.45, 7) is 0. The second-order valence-electron chi connectivity index (χ2n) is 1.01. The van der Waals surface area contributed by atoms with Crippen molar-refractivity contribution in [3.05, 3.63) is 0 Å². The Bertz CT molecular complexity index is 99.5. The number of nitrogens with two attached hydrogens (primary N) is 2. The Morgan fingerprint density at radius 1 is 1.88 bits per heavy atom. The van der Waals surface area contributed by atoms with Gasteiger partial charge in [0, 0.05) is 12.0 Å². The summed E-state index contributed by atoms with van der Waals surface area (Å²) in [5.74, 6) is 5.33. The van der Waals surface area contributed by atoms with E-state index in [1.165, 1.54) is 18.0 Å². The highest BCUT2D eigenvalue weighted by atomic mass is 32.2. The molecule has 0 aliphatic rings. The third kappa shape index (κ3) is 5.29. The summed E-state index contributed by atoms with van der Waals surface area (Å²) in [4.78, 5) is 0. The summed E-state index contributed by atoms with van der Waals surface area (Å²) in [6, 6.07) is 0. The molecule has 0 aromatic heterocycles. The second-order valence-corrected chi connectivity index (χ2v) is 2.07. The average Bonchev–Trinajstić information content (AvgIpc) is 1.66. The predicted molar refractivity (Wildman–Crippen MR) is 37.1 cm³/mol. The molecule has 5 heteroatoms. The molecule has 0 atom stereocenters. The van der Waals surface area contributed by atoms with Crippen molar-refractivity contribution in [2.75, 3.05) is 5.75 Å². The van der Waals surface area contributed by atoms with Gasteiger partial charge in [0.15, 0.2) is 5.17 Å². The maximum Gasteiger partial charge on any atom is 0.151 e. The first kappa shape index (κ1) is 7.29. The quantitative estimate of drug-likeness (QED) is 0.206. The van der Waals surface area contributed by atoms with Crippen LogP contribution in [0.25, 0.3) is 0 Å². The summed E-state index contributed by atoms with van der Waals surface area (Å²) in [6.07, 6.45) is 1.49. The lowest BCUT2D eigenvalue weighted by atomic mass is 10.9. The molecule has 0 bridgehead atoms. The minimum absolute atomic E-state index is 0.0879. The van der Waals surface area contributed by atoms with Crippen LogP contribution >= 0.6 is 11.8 Å². The van der Waals surface area contributed by atoms with E-state index in [0.717, 1.165) is 0 Å². The molecule has 0 rings (SSSR count). The molecule has 0 saturated carbocycles. The normalized spacial score (nSPS) is 10.0. The second kappa shape index (κ2) is 4.45. The minimum Gasteiger partial charge on any atom is -0.379 e. The zero-order valence-electron chi connectivity index (χ0n) is 4.29. The number of rotatable bonds is 2. The van der Waals surface area contributed by atoms with Gasteiger partial charge in [-0.1, -0.05) is 11.8 Å². The van der Waals surface area contributed by atoms with E-state index >= 15 is 0 Å². The predicted octanol–water partition coefficient (Wildman–Crippen LogP) is -0.442. The Morgan fingerprint density at radius 2 is 2.50 bits per heavy atom. The summed E-state index contributed by atoms with van der Waals surface area (Å²) < 4.78 is 0. The zero-order valence-corrected chi connectivity index (χ0v) is 5.11. The standard InChI is InChI=1S/C3H8N4S/c4-3(5)8-2-1-7-6/h1H,2,6H2,(H3,4,5). The van der Waals surface area contributed by atoms with Crippen molar-refractivity contribution in [3.63, 3.8) is 0 Å². The van der Waals surface area contributed by atoms with Crippen LogP contribution in [0.2, 0.25) is 0 Å². The summed E-state index contributed by atoms with van der Waals surface area (Å²) >= 11 is 1.19. The van der Waals surface area contributed by atoms with Crippen LogP contribution < -0.4 is 11.6 Å². The van der Waals surface area contributed by atoms with Gasteiger partial charge in [0.2, 0.25) is 0 Å². The van der Waals surface area contributed by atoms with Gasteiger partial charge in [-0.2, -0.15) is 5.10 Å². The van der Waals surface area contributed by atoms with E-state index in [9.17, 15) is 0 Å². The Hall–Kier alpha value is -0.710. The molecule has 0 aromatic rings. The fourth-order valence-corrected chi connectivity index (χ4v) is 0.510. The van der Waals surface area contributed by atoms with Crippen LogP contribution in [0, 0.1) is 5.41 Å².